The SMILES string of the molecule is O=C(NCc1cccnc1)C(=O)N/N=C/c1ccc([N+](=O)[O-])cc1. The number of nitrogens with zero attached hydrogens (tertiary/aromatic N) is 3. The van der Waals surface area contributed by atoms with Gasteiger partial charge in [-0.25, -0.2) is 5.43 Å². The molecule has 122 valence electrons. The van der Waals surface area contributed by atoms with Crippen LogP contribution in [0.25, 0.3) is 0 Å². The molecule has 0 unspecified atom stereocenters. The number of hydrogen-bond acceptors (Lipinski definition) is 6. The van der Waals surface area contributed by atoms with Crippen LogP contribution in [0.2, 0.25) is 0 Å². The monoisotopic (exact) mass is 327 g/mol. The summed E-state index contributed by atoms with van der Waals surface area (Å²) in [5.74, 6) is -1.75. The molecule has 24 heavy (non-hydrogen) atoms. The molecule has 9 heteroatoms. The van der Waals surface area contributed by atoms with Crippen molar-refractivity contribution in [3.63, 3.8) is 0 Å². The minimum Gasteiger partial charge on any atom is -0.344 e. The quantitative estimate of drug-likeness (QED) is 0.363. The second-order valence-electron chi connectivity index (χ2n) is 4.59. The molecule has 0 saturated carbocycles. The Morgan fingerprint density at radius 3 is 2.58 bits per heavy atom. The summed E-state index contributed by atoms with van der Waals surface area (Å²) in [6.45, 7) is 0.173. The van der Waals surface area contributed by atoms with Gasteiger partial charge in [0.1, 0.15) is 0 Å². The number of nitrogens with one attached hydrogen (secondary N) is 2. The molecular formula is C15H13N5O4. The number of non-ortho nitro benzene ring substituents is 1. The first-order chi connectivity index (χ1) is 11.6. The number of amides is 2. The molecule has 1 aromatic carbocycles. The zero-order chi connectivity index (χ0) is 17.4. The largest absolute Gasteiger partial charge is 0.344 e. The van der Waals surface area contributed by atoms with Crippen LogP contribution < -0.4 is 10.7 Å². The predicted octanol–water partition coefficient (Wildman–Crippen LogP) is 0.756. The minimum atomic E-state index is -0.919. The Balaban J connectivity index is 1.81. The summed E-state index contributed by atoms with van der Waals surface area (Å²) >= 11 is 0. The lowest BCUT2D eigenvalue weighted by atomic mass is 10.2. The number of benzene rings is 1. The van der Waals surface area contributed by atoms with Crippen LogP contribution >= 0.6 is 0 Å². The van der Waals surface area contributed by atoms with E-state index in [9.17, 15) is 19.7 Å². The van der Waals surface area contributed by atoms with Gasteiger partial charge in [0.25, 0.3) is 5.69 Å². The van der Waals surface area contributed by atoms with Crippen molar-refractivity contribution >= 4 is 23.7 Å². The molecule has 2 amide bonds. The average molecular weight is 327 g/mol. The van der Waals surface area contributed by atoms with Crippen molar-refractivity contribution in [1.82, 2.24) is 15.7 Å². The van der Waals surface area contributed by atoms with E-state index < -0.39 is 16.7 Å². The first-order valence-corrected chi connectivity index (χ1v) is 6.81. The van der Waals surface area contributed by atoms with Crippen LogP contribution in [0.4, 0.5) is 5.69 Å². The summed E-state index contributed by atoms with van der Waals surface area (Å²) in [4.78, 5) is 37.0. The minimum absolute atomic E-state index is 0.0500. The highest BCUT2D eigenvalue weighted by Crippen LogP contribution is 2.10. The van der Waals surface area contributed by atoms with Crippen LogP contribution in [0.15, 0.2) is 53.9 Å². The van der Waals surface area contributed by atoms with E-state index in [4.69, 9.17) is 0 Å². The number of pyridine rings is 1. The first kappa shape index (κ1) is 16.7. The van der Waals surface area contributed by atoms with Crippen LogP contribution in [0, 0.1) is 10.1 Å². The molecule has 0 spiro atoms. The Bertz CT molecular complexity index is 759. The zero-order valence-corrected chi connectivity index (χ0v) is 12.4. The smallest absolute Gasteiger partial charge is 0.329 e. The molecule has 0 radical (unpaired) electrons. The van der Waals surface area contributed by atoms with E-state index in [1.807, 2.05) is 0 Å². The van der Waals surface area contributed by atoms with E-state index in [-0.39, 0.29) is 12.2 Å². The van der Waals surface area contributed by atoms with E-state index in [0.29, 0.717) is 5.56 Å². The van der Waals surface area contributed by atoms with Gasteiger partial charge in [0.05, 0.1) is 11.1 Å². The fraction of sp³-hybridized carbons (Fsp3) is 0.0667. The molecule has 0 bridgehead atoms. The maximum Gasteiger partial charge on any atom is 0.329 e. The van der Waals surface area contributed by atoms with Gasteiger partial charge >= 0.3 is 11.8 Å². The first-order valence-electron chi connectivity index (χ1n) is 6.81. The summed E-state index contributed by atoms with van der Waals surface area (Å²) in [7, 11) is 0. The summed E-state index contributed by atoms with van der Waals surface area (Å²) < 4.78 is 0. The van der Waals surface area contributed by atoms with Crippen LogP contribution in [-0.2, 0) is 16.1 Å². The Kier molecular flexibility index (Phi) is 5.67. The van der Waals surface area contributed by atoms with E-state index in [0.717, 1.165) is 5.56 Å². The lowest BCUT2D eigenvalue weighted by Crippen LogP contribution is -2.37. The summed E-state index contributed by atoms with van der Waals surface area (Å²) in [6, 6.07) is 9.04. The number of carbonyl (C=O) groups is 2. The van der Waals surface area contributed by atoms with E-state index in [1.54, 1.807) is 24.5 Å². The molecule has 0 saturated heterocycles. The second kappa shape index (κ2) is 8.13. The fourth-order valence-electron chi connectivity index (χ4n) is 1.66. The zero-order valence-electron chi connectivity index (χ0n) is 12.4. The fourth-order valence-corrected chi connectivity index (χ4v) is 1.66. The Morgan fingerprint density at radius 2 is 1.96 bits per heavy atom. The summed E-state index contributed by atoms with van der Waals surface area (Å²) in [5.41, 5.74) is 3.32. The highest BCUT2D eigenvalue weighted by Gasteiger charge is 2.11. The Morgan fingerprint density at radius 1 is 1.21 bits per heavy atom. The number of rotatable bonds is 5. The number of hydrogen-bond donors (Lipinski definition) is 2. The third kappa shape index (κ3) is 4.98. The Hall–Kier alpha value is -3.62. The lowest BCUT2D eigenvalue weighted by molar-refractivity contribution is -0.384. The molecule has 2 rings (SSSR count). The normalized spacial score (nSPS) is 10.3. The van der Waals surface area contributed by atoms with Crippen molar-refractivity contribution in [3.8, 4) is 0 Å². The maximum atomic E-state index is 11.6. The van der Waals surface area contributed by atoms with Gasteiger partial charge in [-0.05, 0) is 29.3 Å². The van der Waals surface area contributed by atoms with Crippen molar-refractivity contribution in [2.45, 2.75) is 6.54 Å². The van der Waals surface area contributed by atoms with E-state index in [1.165, 1.54) is 30.5 Å². The van der Waals surface area contributed by atoms with Gasteiger partial charge in [-0.2, -0.15) is 5.10 Å². The molecule has 0 fully saturated rings. The Labute approximate surface area is 136 Å². The van der Waals surface area contributed by atoms with E-state index in [2.05, 4.69) is 20.8 Å². The predicted molar refractivity (Wildman–Crippen MR) is 84.9 cm³/mol. The standard InChI is InChI=1S/C15H13N5O4/c21-14(17-9-12-2-1-7-16-8-12)15(22)19-18-10-11-3-5-13(6-4-11)20(23)24/h1-8,10H,9H2,(H,17,21)(H,19,22)/b18-10+. The van der Waals surface area contributed by atoms with Gasteiger partial charge in [-0.1, -0.05) is 6.07 Å². The molecule has 0 aliphatic carbocycles. The van der Waals surface area contributed by atoms with Crippen LogP contribution in [0.3, 0.4) is 0 Å². The number of nitro benzene ring substituents is 1. The van der Waals surface area contributed by atoms with Gasteiger partial charge in [0, 0.05) is 31.1 Å². The average Bonchev–Trinajstić information content (AvgIpc) is 2.61. The summed E-state index contributed by atoms with van der Waals surface area (Å²) in [5, 5.41) is 16.6. The third-order valence-electron chi connectivity index (χ3n) is 2.87. The van der Waals surface area contributed by atoms with Gasteiger partial charge in [0.15, 0.2) is 0 Å². The molecular weight excluding hydrogens is 314 g/mol. The van der Waals surface area contributed by atoms with Crippen molar-refractivity contribution in [2.24, 2.45) is 5.10 Å². The van der Waals surface area contributed by atoms with Crippen molar-refractivity contribution in [1.29, 1.82) is 0 Å². The number of carbonyl (C=O) groups excluding carboxylic acids is 2. The number of nitro groups is 1. The van der Waals surface area contributed by atoms with E-state index >= 15 is 0 Å². The van der Waals surface area contributed by atoms with Gasteiger partial charge in [0.2, 0.25) is 0 Å². The van der Waals surface area contributed by atoms with Crippen LogP contribution in [0.1, 0.15) is 11.1 Å². The molecule has 0 aliphatic heterocycles. The highest BCUT2D eigenvalue weighted by atomic mass is 16.6. The van der Waals surface area contributed by atoms with Gasteiger partial charge in [-0.15, -0.1) is 0 Å². The molecule has 0 atom stereocenters. The molecule has 0 aliphatic rings. The lowest BCUT2D eigenvalue weighted by Gasteiger charge is -2.03. The van der Waals surface area contributed by atoms with Crippen LogP contribution in [0.5, 0.6) is 0 Å². The maximum absolute atomic E-state index is 11.6. The van der Waals surface area contributed by atoms with Crippen LogP contribution in [-0.4, -0.2) is 27.9 Å². The highest BCUT2D eigenvalue weighted by molar-refractivity contribution is 6.35. The van der Waals surface area contributed by atoms with Crippen molar-refractivity contribution < 1.29 is 14.5 Å². The van der Waals surface area contributed by atoms with Gasteiger partial charge < -0.3 is 5.32 Å². The molecule has 1 aromatic heterocycles. The third-order valence-corrected chi connectivity index (χ3v) is 2.87. The summed E-state index contributed by atoms with van der Waals surface area (Å²) in [6.07, 6.45) is 4.45. The van der Waals surface area contributed by atoms with Crippen molar-refractivity contribution in [2.75, 3.05) is 0 Å². The molecule has 2 N–H and O–H groups in total. The van der Waals surface area contributed by atoms with Gasteiger partial charge in [-0.3, -0.25) is 24.7 Å². The number of hydrazone groups is 1. The second-order valence-corrected chi connectivity index (χ2v) is 4.59. The molecule has 2 aromatic rings. The number of aromatic nitrogens is 1. The molecule has 1 heterocycles. The topological polar surface area (TPSA) is 127 Å². The molecule has 9 nitrogen and oxygen atoms in total. The van der Waals surface area contributed by atoms with Crippen molar-refractivity contribution in [3.05, 3.63) is 70.0 Å².